The van der Waals surface area contributed by atoms with Crippen LogP contribution >= 0.6 is 0 Å². The number of hydrogen-bond donors (Lipinski definition) is 1. The number of amides is 2. The van der Waals surface area contributed by atoms with Crippen LogP contribution in [0, 0.1) is 5.92 Å². The Hall–Kier alpha value is -3.16. The fourth-order valence-corrected chi connectivity index (χ4v) is 3.21. The van der Waals surface area contributed by atoms with Gasteiger partial charge in [-0.05, 0) is 17.5 Å². The molecule has 1 fully saturated rings. The van der Waals surface area contributed by atoms with Gasteiger partial charge in [-0.3, -0.25) is 9.59 Å². The molecule has 0 unspecified atom stereocenters. The zero-order valence-corrected chi connectivity index (χ0v) is 16.9. The van der Waals surface area contributed by atoms with E-state index in [1.807, 2.05) is 11.0 Å². The van der Waals surface area contributed by atoms with Gasteiger partial charge in [0, 0.05) is 37.8 Å². The maximum absolute atomic E-state index is 12.7. The van der Waals surface area contributed by atoms with E-state index >= 15 is 0 Å². The Morgan fingerprint density at radius 2 is 1.86 bits per heavy atom. The predicted octanol–water partition coefficient (Wildman–Crippen LogP) is 1.50. The number of hydrogen-bond acceptors (Lipinski definition) is 6. The molecule has 2 aromatic rings. The first-order valence-electron chi connectivity index (χ1n) is 9.79. The Morgan fingerprint density at radius 1 is 1.14 bits per heavy atom. The monoisotopic (exact) mass is 397 g/mol. The lowest BCUT2D eigenvalue weighted by Crippen LogP contribution is -2.49. The topological polar surface area (TPSA) is 102 Å². The molecule has 0 spiro atoms. The second-order valence-corrected chi connectivity index (χ2v) is 7.49. The van der Waals surface area contributed by atoms with Gasteiger partial charge in [-0.1, -0.05) is 32.0 Å². The van der Waals surface area contributed by atoms with Crippen molar-refractivity contribution in [2.75, 3.05) is 37.7 Å². The van der Waals surface area contributed by atoms with Crippen LogP contribution in [0.3, 0.4) is 0 Å². The summed E-state index contributed by atoms with van der Waals surface area (Å²) in [6, 6.07) is 8.81. The normalized spacial score (nSPS) is 14.2. The first-order chi connectivity index (χ1) is 13.9. The largest absolute Gasteiger partial charge is 0.477 e. The van der Waals surface area contributed by atoms with Crippen molar-refractivity contribution >= 4 is 17.6 Å². The summed E-state index contributed by atoms with van der Waals surface area (Å²) in [6.07, 6.45) is 1.67. The third-order valence-corrected chi connectivity index (χ3v) is 4.77. The van der Waals surface area contributed by atoms with Crippen LogP contribution in [-0.2, 0) is 11.2 Å². The molecule has 0 radical (unpaired) electrons. The molecule has 1 aromatic carbocycles. The van der Waals surface area contributed by atoms with E-state index in [-0.39, 0.29) is 12.3 Å². The fraction of sp³-hybridized carbons (Fsp3) is 0.429. The number of rotatable bonds is 7. The molecule has 1 aliphatic heterocycles. The highest BCUT2D eigenvalue weighted by Crippen LogP contribution is 2.19. The number of carbonyl (C=O) groups is 2. The fourth-order valence-electron chi connectivity index (χ4n) is 3.21. The van der Waals surface area contributed by atoms with Crippen LogP contribution in [0.15, 0.2) is 36.7 Å². The Kier molecular flexibility index (Phi) is 6.64. The van der Waals surface area contributed by atoms with E-state index in [4.69, 9.17) is 10.5 Å². The first-order valence-corrected chi connectivity index (χ1v) is 9.79. The minimum atomic E-state index is -0.516. The predicted molar refractivity (Wildman–Crippen MR) is 110 cm³/mol. The molecule has 0 saturated carbocycles. The van der Waals surface area contributed by atoms with Crippen LogP contribution in [0.1, 0.15) is 29.8 Å². The second kappa shape index (κ2) is 9.36. The van der Waals surface area contributed by atoms with E-state index < -0.39 is 5.91 Å². The summed E-state index contributed by atoms with van der Waals surface area (Å²) in [5.41, 5.74) is 6.47. The number of primary amides is 1. The van der Waals surface area contributed by atoms with Crippen LogP contribution in [0.4, 0.5) is 5.82 Å². The smallest absolute Gasteiger partial charge is 0.248 e. The van der Waals surface area contributed by atoms with Crippen LogP contribution in [0.2, 0.25) is 0 Å². The highest BCUT2D eigenvalue weighted by Gasteiger charge is 2.23. The standard InChI is InChI=1S/C21H27N5O3/c1-15(2)13-29-19-12-18(23-14-24-19)25-7-9-26(10-8-25)20(27)11-16-5-3-4-6-17(16)21(22)28/h3-6,12,14-15H,7-11,13H2,1-2H3,(H2,22,28). The molecule has 8 heteroatoms. The van der Waals surface area contributed by atoms with Gasteiger partial charge in [0.1, 0.15) is 12.1 Å². The van der Waals surface area contributed by atoms with Crippen molar-refractivity contribution in [3.8, 4) is 5.88 Å². The van der Waals surface area contributed by atoms with Crippen LogP contribution in [-0.4, -0.2) is 59.5 Å². The average molecular weight is 397 g/mol. The van der Waals surface area contributed by atoms with Crippen molar-refractivity contribution in [2.45, 2.75) is 20.3 Å². The van der Waals surface area contributed by atoms with Gasteiger partial charge in [0.15, 0.2) is 0 Å². The van der Waals surface area contributed by atoms with Crippen LogP contribution < -0.4 is 15.4 Å². The number of aromatic nitrogens is 2. The Labute approximate surface area is 170 Å². The molecule has 29 heavy (non-hydrogen) atoms. The van der Waals surface area contributed by atoms with Gasteiger partial charge in [-0.2, -0.15) is 0 Å². The van der Waals surface area contributed by atoms with Crippen molar-refractivity contribution in [1.29, 1.82) is 0 Å². The first kappa shape index (κ1) is 20.6. The van der Waals surface area contributed by atoms with Gasteiger partial charge in [-0.15, -0.1) is 0 Å². The minimum absolute atomic E-state index is 0.0120. The van der Waals surface area contributed by atoms with Gasteiger partial charge in [0.25, 0.3) is 0 Å². The third-order valence-electron chi connectivity index (χ3n) is 4.77. The lowest BCUT2D eigenvalue weighted by molar-refractivity contribution is -0.130. The molecule has 154 valence electrons. The van der Waals surface area contributed by atoms with E-state index in [0.717, 1.165) is 5.82 Å². The number of nitrogens with zero attached hydrogens (tertiary/aromatic N) is 4. The maximum atomic E-state index is 12.7. The third kappa shape index (κ3) is 5.43. The van der Waals surface area contributed by atoms with Crippen molar-refractivity contribution in [2.24, 2.45) is 11.7 Å². The maximum Gasteiger partial charge on any atom is 0.248 e. The Bertz CT molecular complexity index is 863. The zero-order valence-electron chi connectivity index (χ0n) is 16.9. The van der Waals surface area contributed by atoms with Gasteiger partial charge < -0.3 is 20.3 Å². The highest BCUT2D eigenvalue weighted by atomic mass is 16.5. The SMILES string of the molecule is CC(C)COc1cc(N2CCN(C(=O)Cc3ccccc3C(N)=O)CC2)ncn1. The molecule has 0 bridgehead atoms. The Morgan fingerprint density at radius 3 is 2.55 bits per heavy atom. The molecule has 3 rings (SSSR count). The lowest BCUT2D eigenvalue weighted by Gasteiger charge is -2.35. The zero-order chi connectivity index (χ0) is 20.8. The summed E-state index contributed by atoms with van der Waals surface area (Å²) in [7, 11) is 0. The number of benzene rings is 1. The average Bonchev–Trinajstić information content (AvgIpc) is 2.73. The minimum Gasteiger partial charge on any atom is -0.477 e. The number of carbonyl (C=O) groups excluding carboxylic acids is 2. The van der Waals surface area contributed by atoms with E-state index in [9.17, 15) is 9.59 Å². The molecule has 1 aromatic heterocycles. The number of ether oxygens (including phenoxy) is 1. The van der Waals surface area contributed by atoms with E-state index in [1.165, 1.54) is 6.33 Å². The van der Waals surface area contributed by atoms with Gasteiger partial charge in [-0.25, -0.2) is 9.97 Å². The van der Waals surface area contributed by atoms with Crippen LogP contribution in [0.25, 0.3) is 0 Å². The highest BCUT2D eigenvalue weighted by molar-refractivity contribution is 5.95. The summed E-state index contributed by atoms with van der Waals surface area (Å²) in [5, 5.41) is 0. The summed E-state index contributed by atoms with van der Waals surface area (Å²) in [5.74, 6) is 1.25. The molecule has 1 saturated heterocycles. The van der Waals surface area contributed by atoms with Crippen LogP contribution in [0.5, 0.6) is 5.88 Å². The lowest BCUT2D eigenvalue weighted by atomic mass is 10.0. The van der Waals surface area contributed by atoms with Gasteiger partial charge in [0.05, 0.1) is 13.0 Å². The second-order valence-electron chi connectivity index (χ2n) is 7.49. The summed E-state index contributed by atoms with van der Waals surface area (Å²) in [6.45, 7) is 7.28. The molecule has 0 aliphatic carbocycles. The molecule has 2 N–H and O–H groups in total. The molecular formula is C21H27N5O3. The Balaban J connectivity index is 1.57. The van der Waals surface area contributed by atoms with Crippen molar-refractivity contribution in [1.82, 2.24) is 14.9 Å². The summed E-state index contributed by atoms with van der Waals surface area (Å²) < 4.78 is 5.68. The number of anilines is 1. The molecular weight excluding hydrogens is 370 g/mol. The van der Waals surface area contributed by atoms with Crippen molar-refractivity contribution in [3.63, 3.8) is 0 Å². The molecule has 1 aliphatic rings. The molecule has 8 nitrogen and oxygen atoms in total. The molecule has 2 heterocycles. The van der Waals surface area contributed by atoms with Crippen molar-refractivity contribution < 1.29 is 14.3 Å². The van der Waals surface area contributed by atoms with Gasteiger partial charge >= 0.3 is 0 Å². The van der Waals surface area contributed by atoms with E-state index in [0.29, 0.717) is 55.7 Å². The summed E-state index contributed by atoms with van der Waals surface area (Å²) >= 11 is 0. The quantitative estimate of drug-likeness (QED) is 0.760. The van der Waals surface area contributed by atoms with Crippen molar-refractivity contribution in [3.05, 3.63) is 47.8 Å². The van der Waals surface area contributed by atoms with Gasteiger partial charge in [0.2, 0.25) is 17.7 Å². The molecule has 0 atom stereocenters. The van der Waals surface area contributed by atoms with E-state index in [1.54, 1.807) is 24.3 Å². The summed E-state index contributed by atoms with van der Waals surface area (Å²) in [4.78, 5) is 36.7. The van der Waals surface area contributed by atoms with E-state index in [2.05, 4.69) is 28.7 Å². The number of piperazine rings is 1. The molecule has 2 amide bonds. The number of nitrogens with two attached hydrogens (primary N) is 1.